The molecule has 0 saturated heterocycles. The van der Waals surface area contributed by atoms with E-state index in [1.165, 1.54) is 0 Å². The predicted molar refractivity (Wildman–Crippen MR) is 57.5 cm³/mol. The van der Waals surface area contributed by atoms with E-state index in [0.29, 0.717) is 18.4 Å². The molecular formula is C12H16O3. The van der Waals surface area contributed by atoms with Gasteiger partial charge in [0.25, 0.3) is 0 Å². The molecule has 0 aromatic rings. The van der Waals surface area contributed by atoms with Crippen LogP contribution in [0.5, 0.6) is 0 Å². The van der Waals surface area contributed by atoms with Crippen molar-refractivity contribution in [3.8, 4) is 0 Å². The van der Waals surface area contributed by atoms with Crippen molar-refractivity contribution < 1.29 is 14.7 Å². The highest BCUT2D eigenvalue weighted by molar-refractivity contribution is 5.98. The molecule has 0 radical (unpaired) electrons. The summed E-state index contributed by atoms with van der Waals surface area (Å²) in [5.41, 5.74) is 0.683. The van der Waals surface area contributed by atoms with E-state index in [9.17, 15) is 9.59 Å². The Balaban J connectivity index is 2.72. The Morgan fingerprint density at radius 3 is 2.93 bits per heavy atom. The van der Waals surface area contributed by atoms with Gasteiger partial charge >= 0.3 is 5.97 Å². The second-order valence-electron chi connectivity index (χ2n) is 3.72. The summed E-state index contributed by atoms with van der Waals surface area (Å²) in [4.78, 5) is 22.0. The molecule has 0 aromatic heterocycles. The second kappa shape index (κ2) is 5.49. The Morgan fingerprint density at radius 1 is 1.60 bits per heavy atom. The Hall–Kier alpha value is -1.38. The van der Waals surface area contributed by atoms with E-state index in [2.05, 4.69) is 0 Å². The average molecular weight is 208 g/mol. The lowest BCUT2D eigenvalue weighted by Crippen LogP contribution is -2.07. The monoisotopic (exact) mass is 208 g/mol. The van der Waals surface area contributed by atoms with Gasteiger partial charge in [0.15, 0.2) is 5.78 Å². The highest BCUT2D eigenvalue weighted by Crippen LogP contribution is 2.30. The number of allylic oxidation sites excluding steroid dienone is 4. The Labute approximate surface area is 89.5 Å². The van der Waals surface area contributed by atoms with E-state index >= 15 is 0 Å². The van der Waals surface area contributed by atoms with Gasteiger partial charge in [0.05, 0.1) is 6.42 Å². The standard InChI is InChI=1S/C12H16O3/c1-2-3-4-5-10-9(8-12(14)15)6-7-11(10)13/h3-5,9H,2,6-8H2,1H3,(H,14,15)/b4-3-,10-5+. The molecule has 1 unspecified atom stereocenters. The van der Waals surface area contributed by atoms with E-state index in [4.69, 9.17) is 5.11 Å². The molecule has 1 atom stereocenters. The molecule has 0 heterocycles. The van der Waals surface area contributed by atoms with Crippen LogP contribution in [0, 0.1) is 5.92 Å². The number of carboxylic acids is 1. The summed E-state index contributed by atoms with van der Waals surface area (Å²) in [6, 6.07) is 0. The molecule has 3 heteroatoms. The number of hydrogen-bond donors (Lipinski definition) is 1. The van der Waals surface area contributed by atoms with Gasteiger partial charge in [-0.05, 0) is 24.3 Å². The molecule has 0 amide bonds. The fraction of sp³-hybridized carbons (Fsp3) is 0.500. The summed E-state index contributed by atoms with van der Waals surface area (Å²) >= 11 is 0. The van der Waals surface area contributed by atoms with Crippen LogP contribution >= 0.6 is 0 Å². The van der Waals surface area contributed by atoms with E-state index in [-0.39, 0.29) is 18.1 Å². The minimum Gasteiger partial charge on any atom is -0.481 e. The summed E-state index contributed by atoms with van der Waals surface area (Å²) in [7, 11) is 0. The molecule has 1 saturated carbocycles. The molecule has 1 rings (SSSR count). The third kappa shape index (κ3) is 3.35. The molecule has 0 spiro atoms. The van der Waals surface area contributed by atoms with Gasteiger partial charge < -0.3 is 5.11 Å². The van der Waals surface area contributed by atoms with Gasteiger partial charge in [-0.3, -0.25) is 9.59 Å². The van der Waals surface area contributed by atoms with Crippen molar-refractivity contribution in [2.75, 3.05) is 0 Å². The lowest BCUT2D eigenvalue weighted by Gasteiger charge is -2.06. The minimum absolute atomic E-state index is 0.0670. The maximum atomic E-state index is 11.5. The maximum absolute atomic E-state index is 11.5. The summed E-state index contributed by atoms with van der Waals surface area (Å²) in [5, 5.41) is 8.69. The van der Waals surface area contributed by atoms with E-state index in [1.54, 1.807) is 6.08 Å². The van der Waals surface area contributed by atoms with E-state index in [0.717, 1.165) is 6.42 Å². The van der Waals surface area contributed by atoms with Crippen LogP contribution < -0.4 is 0 Å². The van der Waals surface area contributed by atoms with Crippen molar-refractivity contribution >= 4 is 11.8 Å². The van der Waals surface area contributed by atoms with Gasteiger partial charge in [0, 0.05) is 6.42 Å². The van der Waals surface area contributed by atoms with Gasteiger partial charge in [0.1, 0.15) is 0 Å². The normalized spacial score (nSPS) is 24.2. The van der Waals surface area contributed by atoms with Gasteiger partial charge in [-0.25, -0.2) is 0 Å². The lowest BCUT2D eigenvalue weighted by atomic mass is 9.98. The number of rotatable bonds is 4. The fourth-order valence-electron chi connectivity index (χ4n) is 1.79. The van der Waals surface area contributed by atoms with Gasteiger partial charge in [-0.15, -0.1) is 0 Å². The summed E-state index contributed by atoms with van der Waals surface area (Å²) in [6.07, 6.45) is 7.72. The zero-order valence-corrected chi connectivity index (χ0v) is 8.90. The van der Waals surface area contributed by atoms with Crippen molar-refractivity contribution in [1.29, 1.82) is 0 Å². The Kier molecular flexibility index (Phi) is 4.28. The zero-order chi connectivity index (χ0) is 11.3. The van der Waals surface area contributed by atoms with Crippen LogP contribution in [-0.4, -0.2) is 16.9 Å². The van der Waals surface area contributed by atoms with Crippen molar-refractivity contribution in [2.45, 2.75) is 32.6 Å². The highest BCUT2D eigenvalue weighted by atomic mass is 16.4. The van der Waals surface area contributed by atoms with Gasteiger partial charge in [0.2, 0.25) is 0 Å². The van der Waals surface area contributed by atoms with Crippen LogP contribution in [0.25, 0.3) is 0 Å². The molecule has 1 aliphatic rings. The van der Waals surface area contributed by atoms with Gasteiger partial charge in [-0.1, -0.05) is 25.2 Å². The largest absolute Gasteiger partial charge is 0.481 e. The van der Waals surface area contributed by atoms with Crippen LogP contribution in [0.2, 0.25) is 0 Å². The molecular weight excluding hydrogens is 192 g/mol. The minimum atomic E-state index is -0.833. The molecule has 1 N–H and O–H groups in total. The van der Waals surface area contributed by atoms with E-state index in [1.807, 2.05) is 19.1 Å². The lowest BCUT2D eigenvalue weighted by molar-refractivity contribution is -0.137. The van der Waals surface area contributed by atoms with Gasteiger partial charge in [-0.2, -0.15) is 0 Å². The summed E-state index contributed by atoms with van der Waals surface area (Å²) in [6.45, 7) is 2.01. The van der Waals surface area contributed by atoms with Crippen LogP contribution in [0.4, 0.5) is 0 Å². The second-order valence-corrected chi connectivity index (χ2v) is 3.72. The van der Waals surface area contributed by atoms with E-state index < -0.39 is 5.97 Å². The quantitative estimate of drug-likeness (QED) is 0.721. The van der Waals surface area contributed by atoms with Crippen LogP contribution in [0.3, 0.4) is 0 Å². The smallest absolute Gasteiger partial charge is 0.303 e. The van der Waals surface area contributed by atoms with Crippen molar-refractivity contribution in [3.63, 3.8) is 0 Å². The first-order valence-electron chi connectivity index (χ1n) is 5.26. The van der Waals surface area contributed by atoms with Crippen LogP contribution in [0.15, 0.2) is 23.8 Å². The Morgan fingerprint density at radius 2 is 2.33 bits per heavy atom. The first-order chi connectivity index (χ1) is 7.15. The third-order valence-corrected chi connectivity index (χ3v) is 2.55. The zero-order valence-electron chi connectivity index (χ0n) is 8.90. The molecule has 15 heavy (non-hydrogen) atoms. The molecule has 0 aliphatic heterocycles. The van der Waals surface area contributed by atoms with Crippen LogP contribution in [0.1, 0.15) is 32.6 Å². The molecule has 0 bridgehead atoms. The SMILES string of the molecule is CC/C=C\C=C1\C(=O)CCC1CC(=O)O. The number of hydrogen-bond acceptors (Lipinski definition) is 2. The average Bonchev–Trinajstić information content (AvgIpc) is 2.49. The summed E-state index contributed by atoms with van der Waals surface area (Å²) < 4.78 is 0. The highest BCUT2D eigenvalue weighted by Gasteiger charge is 2.29. The number of carbonyl (C=O) groups is 2. The molecule has 1 aliphatic carbocycles. The number of carboxylic acid groups (broad SMARTS) is 1. The van der Waals surface area contributed by atoms with Crippen molar-refractivity contribution in [3.05, 3.63) is 23.8 Å². The first-order valence-corrected chi connectivity index (χ1v) is 5.26. The number of Topliss-reactive ketones (excluding diaryl/α,β-unsaturated/α-hetero) is 1. The third-order valence-electron chi connectivity index (χ3n) is 2.55. The Bertz CT molecular complexity index is 313. The molecule has 1 fully saturated rings. The van der Waals surface area contributed by atoms with Crippen LogP contribution in [-0.2, 0) is 9.59 Å². The first kappa shape index (κ1) is 11.7. The number of carbonyl (C=O) groups excluding carboxylic acids is 1. The maximum Gasteiger partial charge on any atom is 0.303 e. The molecule has 3 nitrogen and oxygen atoms in total. The number of aliphatic carboxylic acids is 1. The summed E-state index contributed by atoms with van der Waals surface area (Å²) in [5.74, 6) is -0.821. The predicted octanol–water partition coefficient (Wildman–Crippen LogP) is 2.33. The van der Waals surface area contributed by atoms with Crippen molar-refractivity contribution in [1.82, 2.24) is 0 Å². The van der Waals surface area contributed by atoms with Crippen molar-refractivity contribution in [2.24, 2.45) is 5.92 Å². The number of ketones is 1. The molecule has 0 aromatic carbocycles. The topological polar surface area (TPSA) is 54.4 Å². The fourth-order valence-corrected chi connectivity index (χ4v) is 1.79. The molecule has 82 valence electrons.